The third kappa shape index (κ3) is 6.17. The molecular formula is C21H32N6O3. The van der Waals surface area contributed by atoms with Crippen molar-refractivity contribution in [2.45, 2.75) is 32.4 Å². The van der Waals surface area contributed by atoms with Crippen molar-refractivity contribution >= 4 is 5.96 Å². The molecule has 9 nitrogen and oxygen atoms in total. The van der Waals surface area contributed by atoms with Gasteiger partial charge in [-0.3, -0.25) is 0 Å². The molecule has 2 aromatic rings. The minimum absolute atomic E-state index is 0.139. The Balaban J connectivity index is 1.62. The normalized spacial score (nSPS) is 16.1. The number of rotatable bonds is 10. The molecular weight excluding hydrogens is 384 g/mol. The molecule has 0 saturated carbocycles. The molecule has 0 radical (unpaired) electrons. The summed E-state index contributed by atoms with van der Waals surface area (Å²) in [6, 6.07) is 8.27. The van der Waals surface area contributed by atoms with Crippen LogP contribution in [-0.2, 0) is 23.1 Å². The van der Waals surface area contributed by atoms with E-state index in [0.717, 1.165) is 48.3 Å². The average molecular weight is 417 g/mol. The van der Waals surface area contributed by atoms with Gasteiger partial charge in [0.15, 0.2) is 11.8 Å². The molecule has 0 aliphatic carbocycles. The molecule has 0 saturated heterocycles. The minimum atomic E-state index is 0.139. The summed E-state index contributed by atoms with van der Waals surface area (Å²) in [5, 5.41) is 15.3. The second kappa shape index (κ2) is 11.5. The Labute approximate surface area is 177 Å². The van der Waals surface area contributed by atoms with Crippen molar-refractivity contribution in [3.8, 4) is 5.75 Å². The van der Waals surface area contributed by atoms with Crippen LogP contribution in [0.1, 0.15) is 36.1 Å². The van der Waals surface area contributed by atoms with Gasteiger partial charge in [-0.1, -0.05) is 18.2 Å². The number of guanidine groups is 1. The van der Waals surface area contributed by atoms with Crippen molar-refractivity contribution in [1.82, 2.24) is 25.4 Å². The third-order valence-corrected chi connectivity index (χ3v) is 5.02. The van der Waals surface area contributed by atoms with Gasteiger partial charge >= 0.3 is 0 Å². The lowest BCUT2D eigenvalue weighted by molar-refractivity contribution is 0.0698. The lowest BCUT2D eigenvalue weighted by Crippen LogP contribution is -2.41. The maximum absolute atomic E-state index is 5.78. The number of nitrogens with zero attached hydrogens (tertiary/aromatic N) is 4. The number of aliphatic imine (C=N–C) groups is 1. The Morgan fingerprint density at radius 1 is 1.27 bits per heavy atom. The Kier molecular flexibility index (Phi) is 8.46. The molecule has 1 unspecified atom stereocenters. The van der Waals surface area contributed by atoms with Gasteiger partial charge in [0.25, 0.3) is 0 Å². The van der Waals surface area contributed by atoms with Crippen molar-refractivity contribution in [3.63, 3.8) is 0 Å². The van der Waals surface area contributed by atoms with Crippen LogP contribution in [0, 0.1) is 6.92 Å². The van der Waals surface area contributed by atoms with Gasteiger partial charge in [0.2, 0.25) is 0 Å². The molecule has 164 valence electrons. The molecule has 1 aromatic carbocycles. The Hall–Kier alpha value is -2.65. The topological polar surface area (TPSA) is 94.8 Å². The van der Waals surface area contributed by atoms with Crippen molar-refractivity contribution in [2.75, 3.05) is 40.1 Å². The van der Waals surface area contributed by atoms with Gasteiger partial charge in [-0.2, -0.15) is 0 Å². The fourth-order valence-corrected chi connectivity index (χ4v) is 3.17. The number of ether oxygens (including phenoxy) is 3. The number of nitrogens with one attached hydrogen (secondary N) is 2. The number of fused-ring (bicyclic) bond motifs is 1. The largest absolute Gasteiger partial charge is 0.493 e. The molecule has 1 aliphatic rings. The standard InChI is InChI=1S/C21H32N6O3/c1-16-25-26-20(27(16)2)15-23-21(22-10-6-11-29-14-13-28-3)24-18-9-12-30-19-8-5-4-7-17(18)19/h4-5,7-8,18H,6,9-15H2,1-3H3,(H2,22,23,24). The third-order valence-electron chi connectivity index (χ3n) is 5.02. The van der Waals surface area contributed by atoms with Gasteiger partial charge in [0.1, 0.15) is 18.1 Å². The van der Waals surface area contributed by atoms with Crippen LogP contribution < -0.4 is 15.4 Å². The van der Waals surface area contributed by atoms with E-state index in [1.54, 1.807) is 7.11 Å². The molecule has 0 bridgehead atoms. The van der Waals surface area contributed by atoms with Crippen LogP contribution in [-0.4, -0.2) is 60.8 Å². The highest BCUT2D eigenvalue weighted by Gasteiger charge is 2.22. The molecule has 1 aromatic heterocycles. The van der Waals surface area contributed by atoms with Gasteiger partial charge in [-0.05, 0) is 19.4 Å². The second-order valence-corrected chi connectivity index (χ2v) is 7.14. The smallest absolute Gasteiger partial charge is 0.192 e. The summed E-state index contributed by atoms with van der Waals surface area (Å²) in [5.74, 6) is 3.36. The summed E-state index contributed by atoms with van der Waals surface area (Å²) in [4.78, 5) is 4.75. The number of para-hydroxylation sites is 1. The number of aromatic nitrogens is 3. The van der Waals surface area contributed by atoms with E-state index in [2.05, 4.69) is 26.9 Å². The van der Waals surface area contributed by atoms with Gasteiger partial charge < -0.3 is 29.4 Å². The monoisotopic (exact) mass is 416 g/mol. The molecule has 9 heteroatoms. The van der Waals surface area contributed by atoms with E-state index >= 15 is 0 Å². The van der Waals surface area contributed by atoms with Crippen molar-refractivity contribution in [1.29, 1.82) is 0 Å². The Morgan fingerprint density at radius 2 is 2.13 bits per heavy atom. The molecule has 0 fully saturated rings. The van der Waals surface area contributed by atoms with E-state index in [1.165, 1.54) is 0 Å². The van der Waals surface area contributed by atoms with E-state index in [0.29, 0.717) is 33.0 Å². The van der Waals surface area contributed by atoms with Crippen LogP contribution in [0.15, 0.2) is 29.3 Å². The van der Waals surface area contributed by atoms with E-state index in [4.69, 9.17) is 19.2 Å². The van der Waals surface area contributed by atoms with Gasteiger partial charge in [0.05, 0.1) is 25.9 Å². The molecule has 0 spiro atoms. The van der Waals surface area contributed by atoms with E-state index in [1.807, 2.05) is 36.7 Å². The van der Waals surface area contributed by atoms with Gasteiger partial charge in [0, 0.05) is 39.3 Å². The van der Waals surface area contributed by atoms with E-state index in [-0.39, 0.29) is 6.04 Å². The zero-order chi connectivity index (χ0) is 21.2. The predicted molar refractivity (Wildman–Crippen MR) is 115 cm³/mol. The zero-order valence-electron chi connectivity index (χ0n) is 18.1. The van der Waals surface area contributed by atoms with E-state index in [9.17, 15) is 0 Å². The number of hydrogen-bond donors (Lipinski definition) is 2. The van der Waals surface area contributed by atoms with Gasteiger partial charge in [-0.15, -0.1) is 10.2 Å². The summed E-state index contributed by atoms with van der Waals surface area (Å²) >= 11 is 0. The lowest BCUT2D eigenvalue weighted by atomic mass is 10.0. The Bertz CT molecular complexity index is 823. The van der Waals surface area contributed by atoms with Crippen molar-refractivity contribution in [3.05, 3.63) is 41.5 Å². The minimum Gasteiger partial charge on any atom is -0.493 e. The molecule has 1 atom stereocenters. The molecule has 1 aliphatic heterocycles. The molecule has 0 amide bonds. The maximum atomic E-state index is 5.78. The van der Waals surface area contributed by atoms with Gasteiger partial charge in [-0.25, -0.2) is 4.99 Å². The van der Waals surface area contributed by atoms with Crippen molar-refractivity contribution in [2.24, 2.45) is 12.0 Å². The lowest BCUT2D eigenvalue weighted by Gasteiger charge is -2.28. The number of methoxy groups -OCH3 is 1. The first-order valence-corrected chi connectivity index (χ1v) is 10.4. The highest BCUT2D eigenvalue weighted by atomic mass is 16.5. The average Bonchev–Trinajstić information content (AvgIpc) is 3.09. The number of benzene rings is 1. The van der Waals surface area contributed by atoms with Crippen LogP contribution in [0.3, 0.4) is 0 Å². The Morgan fingerprint density at radius 3 is 2.93 bits per heavy atom. The molecule has 2 N–H and O–H groups in total. The van der Waals surface area contributed by atoms with Crippen LogP contribution in [0.5, 0.6) is 5.75 Å². The molecule has 30 heavy (non-hydrogen) atoms. The summed E-state index contributed by atoms with van der Waals surface area (Å²) in [5.41, 5.74) is 1.15. The first kappa shape index (κ1) is 22.0. The summed E-state index contributed by atoms with van der Waals surface area (Å²) in [6.07, 6.45) is 1.75. The first-order chi connectivity index (χ1) is 14.7. The predicted octanol–water partition coefficient (Wildman–Crippen LogP) is 1.74. The number of hydrogen-bond acceptors (Lipinski definition) is 6. The second-order valence-electron chi connectivity index (χ2n) is 7.14. The quantitative estimate of drug-likeness (QED) is 0.346. The molecule has 2 heterocycles. The summed E-state index contributed by atoms with van der Waals surface area (Å²) in [6.45, 7) is 5.70. The molecule has 3 rings (SSSR count). The SMILES string of the molecule is COCCOCCCNC(=NCc1nnc(C)n1C)NC1CCOc2ccccc21. The fraction of sp³-hybridized carbons (Fsp3) is 0.571. The van der Waals surface area contributed by atoms with Crippen molar-refractivity contribution < 1.29 is 14.2 Å². The van der Waals surface area contributed by atoms with Crippen LogP contribution >= 0.6 is 0 Å². The summed E-state index contributed by atoms with van der Waals surface area (Å²) < 4.78 is 18.3. The number of aryl methyl sites for hydroxylation is 1. The van der Waals surface area contributed by atoms with Crippen LogP contribution in [0.2, 0.25) is 0 Å². The first-order valence-electron chi connectivity index (χ1n) is 10.4. The van der Waals surface area contributed by atoms with Crippen LogP contribution in [0.25, 0.3) is 0 Å². The fourth-order valence-electron chi connectivity index (χ4n) is 3.17. The highest BCUT2D eigenvalue weighted by Crippen LogP contribution is 2.31. The zero-order valence-corrected chi connectivity index (χ0v) is 18.1. The van der Waals surface area contributed by atoms with Crippen LogP contribution in [0.4, 0.5) is 0 Å². The maximum Gasteiger partial charge on any atom is 0.192 e. The highest BCUT2D eigenvalue weighted by molar-refractivity contribution is 5.80. The van der Waals surface area contributed by atoms with E-state index < -0.39 is 0 Å². The summed E-state index contributed by atoms with van der Waals surface area (Å²) in [7, 11) is 3.62.